The van der Waals surface area contributed by atoms with Crippen LogP contribution in [0, 0.1) is 17.8 Å². The zero-order chi connectivity index (χ0) is 9.30. The van der Waals surface area contributed by atoms with Crippen molar-refractivity contribution >= 4 is 5.78 Å². The number of hydrogen-bond acceptors (Lipinski definition) is 2. The second-order valence-corrected chi connectivity index (χ2v) is 4.28. The summed E-state index contributed by atoms with van der Waals surface area (Å²) in [5.74, 6) is 0.985. The molecule has 2 heteroatoms. The molecule has 2 nitrogen and oxygen atoms in total. The summed E-state index contributed by atoms with van der Waals surface area (Å²) in [4.78, 5) is 11.3. The minimum absolute atomic E-state index is 0.0648. The lowest BCUT2D eigenvalue weighted by atomic mass is 9.75. The molecule has 1 aliphatic rings. The molecule has 12 heavy (non-hydrogen) atoms. The molecule has 0 aromatic rings. The predicted octanol–water partition coefficient (Wildman–Crippen LogP) is 1.62. The van der Waals surface area contributed by atoms with E-state index in [1.807, 2.05) is 6.92 Å². The van der Waals surface area contributed by atoms with E-state index in [2.05, 4.69) is 13.8 Å². The van der Waals surface area contributed by atoms with Gasteiger partial charge in [-0.1, -0.05) is 20.8 Å². The maximum Gasteiger partial charge on any atom is 0.136 e. The van der Waals surface area contributed by atoms with Gasteiger partial charge >= 0.3 is 0 Å². The van der Waals surface area contributed by atoms with E-state index >= 15 is 0 Å². The molecule has 0 bridgehead atoms. The summed E-state index contributed by atoms with van der Waals surface area (Å²) in [6, 6.07) is 0. The molecule has 1 fully saturated rings. The van der Waals surface area contributed by atoms with Crippen molar-refractivity contribution in [3.8, 4) is 0 Å². The van der Waals surface area contributed by atoms with E-state index in [4.69, 9.17) is 0 Å². The third-order valence-corrected chi connectivity index (χ3v) is 2.93. The molecular formula is C10H18O2. The van der Waals surface area contributed by atoms with Crippen LogP contribution in [0.1, 0.15) is 33.6 Å². The topological polar surface area (TPSA) is 37.3 Å². The molecule has 70 valence electrons. The van der Waals surface area contributed by atoms with Crippen molar-refractivity contribution in [1.29, 1.82) is 0 Å². The van der Waals surface area contributed by atoms with Gasteiger partial charge in [0.15, 0.2) is 0 Å². The predicted molar refractivity (Wildman–Crippen MR) is 47.7 cm³/mol. The molecule has 2 unspecified atom stereocenters. The Morgan fingerprint density at radius 2 is 2.08 bits per heavy atom. The molecule has 1 aliphatic carbocycles. The minimum Gasteiger partial charge on any atom is -0.393 e. The van der Waals surface area contributed by atoms with E-state index in [1.165, 1.54) is 0 Å². The molecule has 0 amide bonds. The largest absolute Gasteiger partial charge is 0.393 e. The van der Waals surface area contributed by atoms with E-state index in [0.29, 0.717) is 24.5 Å². The van der Waals surface area contributed by atoms with Gasteiger partial charge < -0.3 is 5.11 Å². The van der Waals surface area contributed by atoms with Gasteiger partial charge in [-0.25, -0.2) is 0 Å². The van der Waals surface area contributed by atoms with Gasteiger partial charge in [0.25, 0.3) is 0 Å². The van der Waals surface area contributed by atoms with Crippen molar-refractivity contribution in [3.63, 3.8) is 0 Å². The number of carbonyl (C=O) groups excluding carboxylic acids is 1. The van der Waals surface area contributed by atoms with Gasteiger partial charge in [0.05, 0.1) is 6.10 Å². The van der Waals surface area contributed by atoms with Gasteiger partial charge in [-0.2, -0.15) is 0 Å². The van der Waals surface area contributed by atoms with Crippen LogP contribution in [0.15, 0.2) is 0 Å². The third-order valence-electron chi connectivity index (χ3n) is 2.93. The first kappa shape index (κ1) is 9.72. The third kappa shape index (κ3) is 1.86. The van der Waals surface area contributed by atoms with Crippen LogP contribution >= 0.6 is 0 Å². The van der Waals surface area contributed by atoms with E-state index in [0.717, 1.165) is 0 Å². The maximum absolute atomic E-state index is 11.3. The van der Waals surface area contributed by atoms with Crippen LogP contribution in [0.4, 0.5) is 0 Å². The smallest absolute Gasteiger partial charge is 0.136 e. The number of rotatable bonds is 1. The summed E-state index contributed by atoms with van der Waals surface area (Å²) in [5.41, 5.74) is 0. The Bertz CT molecular complexity index is 175. The zero-order valence-electron chi connectivity index (χ0n) is 8.08. The zero-order valence-corrected chi connectivity index (χ0v) is 8.08. The van der Waals surface area contributed by atoms with Gasteiger partial charge in [0.2, 0.25) is 0 Å². The average Bonchev–Trinajstić information content (AvgIpc) is 1.96. The van der Waals surface area contributed by atoms with E-state index in [9.17, 15) is 9.90 Å². The summed E-state index contributed by atoms with van der Waals surface area (Å²) in [6.07, 6.45) is 0.958. The normalized spacial score (nSPS) is 37.4. The molecule has 0 aromatic carbocycles. The Labute approximate surface area is 74.0 Å². The monoisotopic (exact) mass is 170 g/mol. The van der Waals surface area contributed by atoms with Crippen LogP contribution in [0.25, 0.3) is 0 Å². The Morgan fingerprint density at radius 1 is 1.50 bits per heavy atom. The molecule has 0 aliphatic heterocycles. The summed E-state index contributed by atoms with van der Waals surface area (Å²) < 4.78 is 0. The standard InChI is InChI=1S/C10H18O2/c1-6(2)8-5-9(11)7(3)4-10(8)12/h6-8,10,12H,4-5H2,1-3H3/t7?,8-,10?/m1/s1. The van der Waals surface area contributed by atoms with Crippen molar-refractivity contribution in [2.75, 3.05) is 0 Å². The molecule has 1 saturated carbocycles. The molecule has 0 spiro atoms. The fraction of sp³-hybridized carbons (Fsp3) is 0.900. The highest BCUT2D eigenvalue weighted by atomic mass is 16.3. The van der Waals surface area contributed by atoms with Crippen molar-refractivity contribution in [3.05, 3.63) is 0 Å². The fourth-order valence-corrected chi connectivity index (χ4v) is 1.92. The summed E-state index contributed by atoms with van der Waals surface area (Å²) in [7, 11) is 0. The Balaban J connectivity index is 2.61. The van der Waals surface area contributed by atoms with E-state index in [1.54, 1.807) is 0 Å². The number of ketones is 1. The van der Waals surface area contributed by atoms with Crippen LogP contribution in [-0.2, 0) is 4.79 Å². The van der Waals surface area contributed by atoms with Gasteiger partial charge in [0.1, 0.15) is 5.78 Å². The van der Waals surface area contributed by atoms with Crippen LogP contribution in [-0.4, -0.2) is 17.0 Å². The average molecular weight is 170 g/mol. The van der Waals surface area contributed by atoms with E-state index in [-0.39, 0.29) is 17.9 Å². The van der Waals surface area contributed by atoms with Gasteiger partial charge in [-0.15, -0.1) is 0 Å². The van der Waals surface area contributed by atoms with Gasteiger partial charge in [0, 0.05) is 12.3 Å². The lowest BCUT2D eigenvalue weighted by Gasteiger charge is -2.32. The number of Topliss-reactive ketones (excluding diaryl/α,β-unsaturated/α-hetero) is 1. The number of aliphatic hydroxyl groups excluding tert-OH is 1. The van der Waals surface area contributed by atoms with Crippen LogP contribution in [0.3, 0.4) is 0 Å². The van der Waals surface area contributed by atoms with Crippen LogP contribution in [0.5, 0.6) is 0 Å². The molecule has 0 heterocycles. The molecule has 1 N–H and O–H groups in total. The summed E-state index contributed by atoms with van der Waals surface area (Å²) in [5, 5.41) is 9.68. The number of carbonyl (C=O) groups is 1. The minimum atomic E-state index is -0.266. The van der Waals surface area contributed by atoms with Crippen molar-refractivity contribution in [1.82, 2.24) is 0 Å². The second-order valence-electron chi connectivity index (χ2n) is 4.28. The molecular weight excluding hydrogens is 152 g/mol. The highest BCUT2D eigenvalue weighted by molar-refractivity contribution is 5.81. The van der Waals surface area contributed by atoms with Gasteiger partial charge in [-0.3, -0.25) is 4.79 Å². The number of aliphatic hydroxyl groups is 1. The van der Waals surface area contributed by atoms with Crippen LogP contribution in [0.2, 0.25) is 0 Å². The first-order valence-corrected chi connectivity index (χ1v) is 4.73. The molecule has 0 saturated heterocycles. The molecule has 3 atom stereocenters. The Kier molecular flexibility index (Phi) is 2.89. The van der Waals surface area contributed by atoms with E-state index < -0.39 is 0 Å². The maximum atomic E-state index is 11.3. The Morgan fingerprint density at radius 3 is 2.58 bits per heavy atom. The fourth-order valence-electron chi connectivity index (χ4n) is 1.92. The van der Waals surface area contributed by atoms with Gasteiger partial charge in [-0.05, 0) is 18.3 Å². The number of hydrogen-bond donors (Lipinski definition) is 1. The lowest BCUT2D eigenvalue weighted by Crippen LogP contribution is -2.37. The first-order chi connectivity index (χ1) is 5.52. The quantitative estimate of drug-likeness (QED) is 0.649. The van der Waals surface area contributed by atoms with Crippen molar-refractivity contribution in [2.45, 2.75) is 39.7 Å². The molecule has 1 rings (SSSR count). The van der Waals surface area contributed by atoms with Crippen LogP contribution < -0.4 is 0 Å². The van der Waals surface area contributed by atoms with Crippen molar-refractivity contribution in [2.24, 2.45) is 17.8 Å². The lowest BCUT2D eigenvalue weighted by molar-refractivity contribution is -0.130. The van der Waals surface area contributed by atoms with Crippen molar-refractivity contribution < 1.29 is 9.90 Å². The highest BCUT2D eigenvalue weighted by Gasteiger charge is 2.33. The SMILES string of the molecule is CC1CC(O)[C@@H](C(C)C)CC1=O. The molecule has 0 aromatic heterocycles. The highest BCUT2D eigenvalue weighted by Crippen LogP contribution is 2.30. The second kappa shape index (κ2) is 3.56. The Hall–Kier alpha value is -0.370. The summed E-state index contributed by atoms with van der Waals surface area (Å²) >= 11 is 0. The first-order valence-electron chi connectivity index (χ1n) is 4.73. The molecule has 0 radical (unpaired) electrons. The summed E-state index contributed by atoms with van der Waals surface area (Å²) in [6.45, 7) is 6.04.